The van der Waals surface area contributed by atoms with E-state index in [1.165, 1.54) is 6.20 Å². The first-order chi connectivity index (χ1) is 10.1. The van der Waals surface area contributed by atoms with Gasteiger partial charge in [-0.3, -0.25) is 0 Å². The van der Waals surface area contributed by atoms with Gasteiger partial charge in [0.1, 0.15) is 6.20 Å². The SMILES string of the molecule is Cc1ccc(-c2c[n+]([O-])c(-c3ccc(C)cc3)nn2)cc1. The number of hydrogen-bond donors (Lipinski definition) is 0. The van der Waals surface area contributed by atoms with E-state index in [0.717, 1.165) is 27.0 Å². The largest absolute Gasteiger partial charge is 0.710 e. The highest BCUT2D eigenvalue weighted by atomic mass is 16.5. The fraction of sp³-hybridized carbons (Fsp3) is 0.118. The van der Waals surface area contributed by atoms with Gasteiger partial charge in [0.2, 0.25) is 0 Å². The van der Waals surface area contributed by atoms with E-state index >= 15 is 0 Å². The van der Waals surface area contributed by atoms with Gasteiger partial charge in [-0.15, -0.1) is 0 Å². The Morgan fingerprint density at radius 2 is 1.29 bits per heavy atom. The molecule has 0 radical (unpaired) electrons. The van der Waals surface area contributed by atoms with E-state index in [9.17, 15) is 5.21 Å². The number of aromatic nitrogens is 3. The Labute approximate surface area is 123 Å². The number of rotatable bonds is 2. The molecule has 0 aliphatic heterocycles. The van der Waals surface area contributed by atoms with Crippen molar-refractivity contribution in [2.75, 3.05) is 0 Å². The number of hydrogen-bond acceptors (Lipinski definition) is 3. The maximum Gasteiger partial charge on any atom is 0.360 e. The summed E-state index contributed by atoms with van der Waals surface area (Å²) in [5, 5.41) is 20.4. The zero-order chi connectivity index (χ0) is 14.8. The van der Waals surface area contributed by atoms with Gasteiger partial charge in [0.05, 0.1) is 10.7 Å². The Morgan fingerprint density at radius 3 is 1.81 bits per heavy atom. The molecular formula is C17H15N3O. The van der Waals surface area contributed by atoms with E-state index in [1.54, 1.807) is 0 Å². The van der Waals surface area contributed by atoms with E-state index in [2.05, 4.69) is 10.2 Å². The van der Waals surface area contributed by atoms with Gasteiger partial charge in [0.25, 0.3) is 0 Å². The van der Waals surface area contributed by atoms with Crippen LogP contribution in [-0.2, 0) is 0 Å². The summed E-state index contributed by atoms with van der Waals surface area (Å²) in [6.07, 6.45) is 1.47. The molecule has 2 aromatic carbocycles. The second kappa shape index (κ2) is 5.32. The molecule has 0 N–H and O–H groups in total. The smallest absolute Gasteiger partial charge is 0.360 e. The Hall–Kier alpha value is -2.75. The highest BCUT2D eigenvalue weighted by molar-refractivity contribution is 5.58. The molecule has 0 spiro atoms. The van der Waals surface area contributed by atoms with Gasteiger partial charge in [-0.05, 0) is 31.1 Å². The van der Waals surface area contributed by atoms with Gasteiger partial charge < -0.3 is 5.21 Å². The van der Waals surface area contributed by atoms with E-state index in [0.29, 0.717) is 11.5 Å². The summed E-state index contributed by atoms with van der Waals surface area (Å²) in [5.74, 6) is 0.311. The highest BCUT2D eigenvalue weighted by Gasteiger charge is 2.14. The van der Waals surface area contributed by atoms with Crippen LogP contribution in [0.5, 0.6) is 0 Å². The van der Waals surface area contributed by atoms with Gasteiger partial charge in [0.15, 0.2) is 5.69 Å². The number of aryl methyl sites for hydroxylation is 2. The van der Waals surface area contributed by atoms with Crippen molar-refractivity contribution in [2.24, 2.45) is 0 Å². The molecule has 0 aliphatic rings. The fourth-order valence-corrected chi connectivity index (χ4v) is 2.09. The molecule has 4 nitrogen and oxygen atoms in total. The van der Waals surface area contributed by atoms with Crippen LogP contribution in [0.3, 0.4) is 0 Å². The van der Waals surface area contributed by atoms with Crippen LogP contribution >= 0.6 is 0 Å². The zero-order valence-corrected chi connectivity index (χ0v) is 11.9. The molecule has 104 valence electrons. The summed E-state index contributed by atoms with van der Waals surface area (Å²) in [7, 11) is 0. The van der Waals surface area contributed by atoms with Crippen LogP contribution in [-0.4, -0.2) is 10.2 Å². The number of nitrogens with zero attached hydrogens (tertiary/aromatic N) is 3. The Kier molecular flexibility index (Phi) is 3.36. The van der Waals surface area contributed by atoms with Crippen molar-refractivity contribution in [3.05, 3.63) is 71.1 Å². The molecule has 0 aliphatic carbocycles. The predicted molar refractivity (Wildman–Crippen MR) is 81.3 cm³/mol. The van der Waals surface area contributed by atoms with Gasteiger partial charge >= 0.3 is 5.82 Å². The molecular weight excluding hydrogens is 262 g/mol. The van der Waals surface area contributed by atoms with E-state index in [4.69, 9.17) is 0 Å². The van der Waals surface area contributed by atoms with Crippen molar-refractivity contribution >= 4 is 0 Å². The van der Waals surface area contributed by atoms with Crippen LogP contribution < -0.4 is 4.73 Å². The number of benzene rings is 2. The fourth-order valence-electron chi connectivity index (χ4n) is 2.09. The van der Waals surface area contributed by atoms with Crippen LogP contribution in [0.2, 0.25) is 0 Å². The summed E-state index contributed by atoms with van der Waals surface area (Å²) in [4.78, 5) is 0. The van der Waals surface area contributed by atoms with Crippen molar-refractivity contribution < 1.29 is 4.73 Å². The maximum absolute atomic E-state index is 12.2. The van der Waals surface area contributed by atoms with Gasteiger partial charge in [-0.2, -0.15) is 0 Å². The summed E-state index contributed by atoms with van der Waals surface area (Å²) in [6.45, 7) is 4.02. The van der Waals surface area contributed by atoms with E-state index in [-0.39, 0.29) is 0 Å². The molecule has 0 atom stereocenters. The van der Waals surface area contributed by atoms with Crippen LogP contribution in [0.15, 0.2) is 54.7 Å². The van der Waals surface area contributed by atoms with Crippen molar-refractivity contribution in [2.45, 2.75) is 13.8 Å². The molecule has 0 saturated heterocycles. The van der Waals surface area contributed by atoms with Crippen molar-refractivity contribution in [3.63, 3.8) is 0 Å². The molecule has 0 saturated carbocycles. The second-order valence-corrected chi connectivity index (χ2v) is 5.10. The minimum atomic E-state index is 0.311. The maximum atomic E-state index is 12.2. The third-order valence-electron chi connectivity index (χ3n) is 3.36. The second-order valence-electron chi connectivity index (χ2n) is 5.10. The van der Waals surface area contributed by atoms with Crippen LogP contribution in [0, 0.1) is 19.1 Å². The lowest BCUT2D eigenvalue weighted by Gasteiger charge is -2.07. The molecule has 3 rings (SSSR count). The Balaban J connectivity index is 1.99. The Bertz CT molecular complexity index is 765. The summed E-state index contributed by atoms with van der Waals surface area (Å²) < 4.78 is 0.771. The molecule has 0 fully saturated rings. The molecule has 0 amide bonds. The lowest BCUT2D eigenvalue weighted by Crippen LogP contribution is -2.31. The minimum Gasteiger partial charge on any atom is -0.710 e. The standard InChI is InChI=1S/C17H15N3O/c1-12-3-7-14(8-4-12)16-11-20(21)17(19-18-16)15-9-5-13(2)6-10-15/h3-11H,1-2H3. The van der Waals surface area contributed by atoms with Crippen molar-refractivity contribution in [3.8, 4) is 22.6 Å². The van der Waals surface area contributed by atoms with Crippen LogP contribution in [0.1, 0.15) is 11.1 Å². The van der Waals surface area contributed by atoms with Crippen LogP contribution in [0.25, 0.3) is 22.6 Å². The molecule has 0 unspecified atom stereocenters. The van der Waals surface area contributed by atoms with Crippen molar-refractivity contribution in [1.29, 1.82) is 0 Å². The lowest BCUT2D eigenvalue weighted by molar-refractivity contribution is -0.596. The molecule has 21 heavy (non-hydrogen) atoms. The third kappa shape index (κ3) is 2.74. The minimum absolute atomic E-state index is 0.311. The van der Waals surface area contributed by atoms with E-state index < -0.39 is 0 Å². The first-order valence-electron chi connectivity index (χ1n) is 6.74. The Morgan fingerprint density at radius 1 is 0.762 bits per heavy atom. The average molecular weight is 277 g/mol. The van der Waals surface area contributed by atoms with Crippen molar-refractivity contribution in [1.82, 2.24) is 10.2 Å². The topological polar surface area (TPSA) is 52.7 Å². The predicted octanol–water partition coefficient (Wildman–Crippen LogP) is 3.06. The third-order valence-corrected chi connectivity index (χ3v) is 3.36. The summed E-state index contributed by atoms with van der Waals surface area (Å²) in [5.41, 5.74) is 4.52. The van der Waals surface area contributed by atoms with Crippen LogP contribution in [0.4, 0.5) is 0 Å². The molecule has 1 heterocycles. The average Bonchev–Trinajstić information content (AvgIpc) is 2.49. The summed E-state index contributed by atoms with van der Waals surface area (Å²) >= 11 is 0. The van der Waals surface area contributed by atoms with Gasteiger partial charge in [0, 0.05) is 5.56 Å². The first-order valence-corrected chi connectivity index (χ1v) is 6.74. The quantitative estimate of drug-likeness (QED) is 0.534. The normalized spacial score (nSPS) is 10.6. The highest BCUT2D eigenvalue weighted by Crippen LogP contribution is 2.18. The first kappa shape index (κ1) is 13.2. The lowest BCUT2D eigenvalue weighted by atomic mass is 10.1. The molecule has 4 heteroatoms. The summed E-state index contributed by atoms with van der Waals surface area (Å²) in [6, 6.07) is 15.5. The molecule has 1 aromatic heterocycles. The van der Waals surface area contributed by atoms with Gasteiger partial charge in [-0.25, -0.2) is 4.73 Å². The zero-order valence-electron chi connectivity index (χ0n) is 11.9. The van der Waals surface area contributed by atoms with E-state index in [1.807, 2.05) is 62.4 Å². The van der Waals surface area contributed by atoms with Gasteiger partial charge in [-0.1, -0.05) is 47.5 Å². The molecule has 3 aromatic rings. The monoisotopic (exact) mass is 277 g/mol. The molecule has 0 bridgehead atoms.